The van der Waals surface area contributed by atoms with Crippen LogP contribution in [0.3, 0.4) is 0 Å². The lowest BCUT2D eigenvalue weighted by molar-refractivity contribution is 1.06. The summed E-state index contributed by atoms with van der Waals surface area (Å²) in [6, 6.07) is 17.0. The lowest BCUT2D eigenvalue weighted by atomic mass is 10.0. The molecule has 2 heterocycles. The van der Waals surface area contributed by atoms with E-state index in [2.05, 4.69) is 73.5 Å². The minimum atomic E-state index is 0.701. The molecule has 0 unspecified atom stereocenters. The third-order valence-corrected chi connectivity index (χ3v) is 4.76. The molecule has 0 saturated heterocycles. The Labute approximate surface area is 153 Å². The summed E-state index contributed by atoms with van der Waals surface area (Å²) in [5.74, 6) is 1.67. The van der Waals surface area contributed by atoms with Crippen molar-refractivity contribution in [3.8, 4) is 11.3 Å². The van der Waals surface area contributed by atoms with E-state index in [-0.39, 0.29) is 0 Å². The standard InChI is InChI=1S/C22H22N4/c1-15-5-8-18(9-6-15)14-24-21-20(19-10-7-16(2)17(3)13-19)25-22-23-11-4-12-26(21)22/h4-13,24H,14H2,1-3H3. The number of aromatic nitrogens is 3. The summed E-state index contributed by atoms with van der Waals surface area (Å²) in [6.07, 6.45) is 3.77. The zero-order valence-electron chi connectivity index (χ0n) is 15.3. The van der Waals surface area contributed by atoms with Gasteiger partial charge in [-0.15, -0.1) is 0 Å². The molecule has 2 aromatic heterocycles. The molecule has 0 aliphatic heterocycles. The van der Waals surface area contributed by atoms with Gasteiger partial charge in [0, 0.05) is 24.5 Å². The van der Waals surface area contributed by atoms with Crippen LogP contribution in [0.25, 0.3) is 17.0 Å². The van der Waals surface area contributed by atoms with Crippen molar-refractivity contribution in [2.75, 3.05) is 5.32 Å². The van der Waals surface area contributed by atoms with Gasteiger partial charge in [-0.2, -0.15) is 0 Å². The maximum Gasteiger partial charge on any atom is 0.235 e. The average Bonchev–Trinajstić information content (AvgIpc) is 3.02. The van der Waals surface area contributed by atoms with Gasteiger partial charge < -0.3 is 5.32 Å². The van der Waals surface area contributed by atoms with E-state index in [9.17, 15) is 0 Å². The van der Waals surface area contributed by atoms with Gasteiger partial charge in [0.25, 0.3) is 0 Å². The van der Waals surface area contributed by atoms with E-state index in [1.54, 1.807) is 6.20 Å². The first-order valence-electron chi connectivity index (χ1n) is 8.82. The average molecular weight is 342 g/mol. The maximum absolute atomic E-state index is 4.77. The van der Waals surface area contributed by atoms with Crippen LogP contribution >= 0.6 is 0 Å². The second kappa shape index (κ2) is 6.64. The van der Waals surface area contributed by atoms with Crippen molar-refractivity contribution in [3.63, 3.8) is 0 Å². The van der Waals surface area contributed by atoms with Gasteiger partial charge in [-0.05, 0) is 49.6 Å². The Morgan fingerprint density at radius 1 is 0.962 bits per heavy atom. The Bertz CT molecular complexity index is 1060. The van der Waals surface area contributed by atoms with Crippen molar-refractivity contribution >= 4 is 11.6 Å². The Balaban J connectivity index is 1.76. The minimum Gasteiger partial charge on any atom is -0.365 e. The van der Waals surface area contributed by atoms with Crippen LogP contribution in [0.15, 0.2) is 60.9 Å². The van der Waals surface area contributed by atoms with Crippen molar-refractivity contribution in [3.05, 3.63) is 83.2 Å². The third-order valence-electron chi connectivity index (χ3n) is 4.76. The topological polar surface area (TPSA) is 42.2 Å². The highest BCUT2D eigenvalue weighted by Gasteiger charge is 2.15. The molecule has 26 heavy (non-hydrogen) atoms. The quantitative estimate of drug-likeness (QED) is 0.571. The molecule has 2 aromatic carbocycles. The zero-order valence-corrected chi connectivity index (χ0v) is 15.3. The molecule has 4 rings (SSSR count). The maximum atomic E-state index is 4.77. The number of imidazole rings is 1. The number of hydrogen-bond donors (Lipinski definition) is 1. The second-order valence-electron chi connectivity index (χ2n) is 6.74. The molecular formula is C22H22N4. The van der Waals surface area contributed by atoms with Crippen LogP contribution in [-0.2, 0) is 6.54 Å². The lowest BCUT2D eigenvalue weighted by Crippen LogP contribution is -2.03. The first-order chi connectivity index (χ1) is 12.6. The number of aryl methyl sites for hydroxylation is 3. The lowest BCUT2D eigenvalue weighted by Gasteiger charge is -2.10. The molecule has 0 saturated carbocycles. The third kappa shape index (κ3) is 3.06. The molecule has 0 atom stereocenters. The van der Waals surface area contributed by atoms with E-state index in [4.69, 9.17) is 4.98 Å². The smallest absolute Gasteiger partial charge is 0.235 e. The zero-order chi connectivity index (χ0) is 18.1. The van der Waals surface area contributed by atoms with E-state index in [0.29, 0.717) is 5.78 Å². The Morgan fingerprint density at radius 3 is 2.54 bits per heavy atom. The molecule has 4 aromatic rings. The fourth-order valence-corrected chi connectivity index (χ4v) is 3.04. The molecule has 130 valence electrons. The molecule has 0 amide bonds. The van der Waals surface area contributed by atoms with E-state index >= 15 is 0 Å². The molecule has 4 heteroatoms. The first kappa shape index (κ1) is 16.3. The number of rotatable bonds is 4. The first-order valence-corrected chi connectivity index (χ1v) is 8.82. The molecule has 0 radical (unpaired) electrons. The number of benzene rings is 2. The summed E-state index contributed by atoms with van der Waals surface area (Å²) in [6.45, 7) is 7.10. The molecular weight excluding hydrogens is 320 g/mol. The molecule has 0 fully saturated rings. The number of nitrogens with zero attached hydrogens (tertiary/aromatic N) is 3. The number of nitrogens with one attached hydrogen (secondary N) is 1. The molecule has 4 nitrogen and oxygen atoms in total. The van der Waals surface area contributed by atoms with Crippen LogP contribution in [-0.4, -0.2) is 14.4 Å². The van der Waals surface area contributed by atoms with Crippen LogP contribution in [0.1, 0.15) is 22.3 Å². The van der Waals surface area contributed by atoms with Crippen LogP contribution in [0.2, 0.25) is 0 Å². The van der Waals surface area contributed by atoms with E-state index in [0.717, 1.165) is 23.6 Å². The molecule has 0 bridgehead atoms. The largest absolute Gasteiger partial charge is 0.365 e. The van der Waals surface area contributed by atoms with Gasteiger partial charge in [0.1, 0.15) is 11.5 Å². The normalized spacial score (nSPS) is 11.0. The van der Waals surface area contributed by atoms with E-state index < -0.39 is 0 Å². The van der Waals surface area contributed by atoms with Crippen molar-refractivity contribution in [2.45, 2.75) is 27.3 Å². The summed E-state index contributed by atoms with van der Waals surface area (Å²) in [7, 11) is 0. The predicted molar refractivity (Wildman–Crippen MR) is 106 cm³/mol. The molecule has 0 spiro atoms. The van der Waals surface area contributed by atoms with Crippen molar-refractivity contribution < 1.29 is 0 Å². The second-order valence-corrected chi connectivity index (χ2v) is 6.74. The Hall–Kier alpha value is -3.14. The SMILES string of the molecule is Cc1ccc(CNc2c(-c3ccc(C)c(C)c3)nc3ncccn23)cc1. The molecule has 0 aliphatic rings. The highest BCUT2D eigenvalue weighted by molar-refractivity contribution is 5.76. The van der Waals surface area contributed by atoms with Gasteiger partial charge in [0.05, 0.1) is 0 Å². The van der Waals surface area contributed by atoms with E-state index in [1.165, 1.54) is 22.3 Å². The molecule has 1 N–H and O–H groups in total. The fourth-order valence-electron chi connectivity index (χ4n) is 3.04. The van der Waals surface area contributed by atoms with Crippen LogP contribution in [0, 0.1) is 20.8 Å². The fraction of sp³-hybridized carbons (Fsp3) is 0.182. The summed E-state index contributed by atoms with van der Waals surface area (Å²) in [4.78, 5) is 9.18. The van der Waals surface area contributed by atoms with E-state index in [1.807, 2.05) is 16.7 Å². The number of fused-ring (bicyclic) bond motifs is 1. The highest BCUT2D eigenvalue weighted by Crippen LogP contribution is 2.29. The highest BCUT2D eigenvalue weighted by atomic mass is 15.2. The minimum absolute atomic E-state index is 0.701. The van der Waals surface area contributed by atoms with Gasteiger partial charge in [0.2, 0.25) is 5.78 Å². The van der Waals surface area contributed by atoms with Gasteiger partial charge >= 0.3 is 0 Å². The molecule has 0 aliphatic carbocycles. The summed E-state index contributed by atoms with van der Waals surface area (Å²) >= 11 is 0. The summed E-state index contributed by atoms with van der Waals surface area (Å²) < 4.78 is 2.01. The monoisotopic (exact) mass is 342 g/mol. The van der Waals surface area contributed by atoms with Gasteiger partial charge in [-0.3, -0.25) is 4.40 Å². The van der Waals surface area contributed by atoms with Crippen molar-refractivity contribution in [1.29, 1.82) is 0 Å². The Morgan fingerprint density at radius 2 is 1.77 bits per heavy atom. The number of anilines is 1. The summed E-state index contributed by atoms with van der Waals surface area (Å²) in [5, 5.41) is 3.57. The van der Waals surface area contributed by atoms with Crippen molar-refractivity contribution in [2.24, 2.45) is 0 Å². The van der Waals surface area contributed by atoms with Crippen molar-refractivity contribution in [1.82, 2.24) is 14.4 Å². The van der Waals surface area contributed by atoms with Crippen LogP contribution in [0.4, 0.5) is 5.82 Å². The predicted octanol–water partition coefficient (Wildman–Crippen LogP) is 4.93. The van der Waals surface area contributed by atoms with Crippen LogP contribution < -0.4 is 5.32 Å². The summed E-state index contributed by atoms with van der Waals surface area (Å²) in [5.41, 5.74) is 7.08. The van der Waals surface area contributed by atoms with Gasteiger partial charge in [-0.1, -0.05) is 42.0 Å². The van der Waals surface area contributed by atoms with Crippen LogP contribution in [0.5, 0.6) is 0 Å². The van der Waals surface area contributed by atoms with Gasteiger partial charge in [-0.25, -0.2) is 9.97 Å². The number of hydrogen-bond acceptors (Lipinski definition) is 3. The Kier molecular flexibility index (Phi) is 4.17. The van der Waals surface area contributed by atoms with Gasteiger partial charge in [0.15, 0.2) is 0 Å².